The Balaban J connectivity index is 2.03. The third-order valence-electron chi connectivity index (χ3n) is 2.90. The number of carbonyl (C=O) groups excluding carboxylic acids is 1. The lowest BCUT2D eigenvalue weighted by Gasteiger charge is -2.16. The molecule has 21 heavy (non-hydrogen) atoms. The number of amides is 1. The van der Waals surface area contributed by atoms with E-state index in [0.717, 1.165) is 0 Å². The van der Waals surface area contributed by atoms with Crippen molar-refractivity contribution in [1.82, 2.24) is 24.6 Å². The van der Waals surface area contributed by atoms with Gasteiger partial charge in [-0.05, 0) is 12.1 Å². The molecule has 0 fully saturated rings. The van der Waals surface area contributed by atoms with Gasteiger partial charge in [-0.1, -0.05) is 11.6 Å². The summed E-state index contributed by atoms with van der Waals surface area (Å²) in [6.07, 6.45) is 3.07. The van der Waals surface area contributed by atoms with Crippen molar-refractivity contribution in [3.05, 3.63) is 41.2 Å². The van der Waals surface area contributed by atoms with Crippen molar-refractivity contribution in [3.63, 3.8) is 0 Å². The van der Waals surface area contributed by atoms with Gasteiger partial charge in [-0.2, -0.15) is 0 Å². The second-order valence-corrected chi connectivity index (χ2v) is 4.89. The fraction of sp³-hybridized carbons (Fsp3) is 0.385. The summed E-state index contributed by atoms with van der Waals surface area (Å²) in [5.41, 5.74) is 0.338. The van der Waals surface area contributed by atoms with E-state index in [-0.39, 0.29) is 5.91 Å². The van der Waals surface area contributed by atoms with Crippen molar-refractivity contribution in [3.8, 4) is 0 Å². The fourth-order valence-electron chi connectivity index (χ4n) is 1.76. The summed E-state index contributed by atoms with van der Waals surface area (Å²) in [5, 5.41) is 8.37. The van der Waals surface area contributed by atoms with E-state index in [1.54, 1.807) is 32.6 Å². The molecule has 0 aliphatic carbocycles. The molecule has 0 aromatic carbocycles. The third-order valence-corrected chi connectivity index (χ3v) is 3.13. The Bertz CT molecular complexity index is 599. The summed E-state index contributed by atoms with van der Waals surface area (Å²) in [6, 6.07) is 3.23. The normalized spacial score (nSPS) is 10.6. The molecule has 0 atom stereocenters. The average molecular weight is 310 g/mol. The summed E-state index contributed by atoms with van der Waals surface area (Å²) in [6.45, 7) is 1.54. The van der Waals surface area contributed by atoms with Gasteiger partial charge in [0.25, 0.3) is 5.91 Å². The number of carbonyl (C=O) groups is 1. The summed E-state index contributed by atoms with van der Waals surface area (Å²) in [5.74, 6) is 0.491. The minimum Gasteiger partial charge on any atom is -0.383 e. The molecule has 8 heteroatoms. The average Bonchev–Trinajstić information content (AvgIpc) is 2.92. The van der Waals surface area contributed by atoms with Crippen molar-refractivity contribution in [2.75, 3.05) is 20.8 Å². The van der Waals surface area contributed by atoms with Crippen LogP contribution in [-0.2, 0) is 17.8 Å². The Morgan fingerprint density at radius 1 is 1.48 bits per heavy atom. The molecule has 0 saturated heterocycles. The topological polar surface area (TPSA) is 73.1 Å². The first kappa shape index (κ1) is 15.4. The highest BCUT2D eigenvalue weighted by Gasteiger charge is 2.16. The number of hydrogen-bond acceptors (Lipinski definition) is 5. The molecule has 0 radical (unpaired) electrons. The van der Waals surface area contributed by atoms with Crippen molar-refractivity contribution >= 4 is 17.5 Å². The maximum atomic E-state index is 12.2. The first-order valence-electron chi connectivity index (χ1n) is 6.34. The molecular formula is C13H16ClN5O2. The largest absolute Gasteiger partial charge is 0.383 e. The molecular weight excluding hydrogens is 294 g/mol. The van der Waals surface area contributed by atoms with Crippen LogP contribution in [-0.4, -0.2) is 51.3 Å². The number of ether oxygens (including phenoxy) is 1. The Kier molecular flexibility index (Phi) is 5.24. The number of methoxy groups -OCH3 is 1. The van der Waals surface area contributed by atoms with Gasteiger partial charge >= 0.3 is 0 Å². The zero-order valence-corrected chi connectivity index (χ0v) is 12.6. The number of halogens is 1. The molecule has 0 bridgehead atoms. The molecule has 2 heterocycles. The molecule has 0 N–H and O–H groups in total. The second kappa shape index (κ2) is 7.14. The smallest absolute Gasteiger partial charge is 0.272 e. The van der Waals surface area contributed by atoms with Crippen LogP contribution in [0.4, 0.5) is 0 Å². The van der Waals surface area contributed by atoms with Crippen LogP contribution in [0.3, 0.4) is 0 Å². The molecule has 0 aliphatic heterocycles. The van der Waals surface area contributed by atoms with E-state index in [0.29, 0.717) is 36.2 Å². The molecule has 0 aliphatic rings. The van der Waals surface area contributed by atoms with Crippen LogP contribution < -0.4 is 0 Å². The summed E-state index contributed by atoms with van der Waals surface area (Å²) in [4.78, 5) is 17.8. The second-order valence-electron chi connectivity index (χ2n) is 4.46. The number of pyridine rings is 1. The number of aromatic nitrogens is 4. The molecule has 1 amide bonds. The maximum absolute atomic E-state index is 12.2. The van der Waals surface area contributed by atoms with Crippen LogP contribution in [0.1, 0.15) is 16.3 Å². The van der Waals surface area contributed by atoms with Crippen LogP contribution in [0.25, 0.3) is 0 Å². The van der Waals surface area contributed by atoms with E-state index in [1.165, 1.54) is 11.1 Å². The Labute approximate surface area is 127 Å². The minimum atomic E-state index is -0.201. The Hall–Kier alpha value is -1.99. The highest BCUT2D eigenvalue weighted by atomic mass is 35.5. The standard InChI is InChI=1S/C13H16ClN5O2/c1-18(13(20)11-4-3-10(14)7-15-11)8-12-17-16-9-19(12)5-6-21-2/h3-4,7,9H,5-6,8H2,1-2H3. The molecule has 2 rings (SSSR count). The molecule has 2 aromatic heterocycles. The van der Waals surface area contributed by atoms with Gasteiger partial charge in [0.2, 0.25) is 0 Å². The first-order chi connectivity index (χ1) is 10.1. The molecule has 112 valence electrons. The van der Waals surface area contributed by atoms with Gasteiger partial charge < -0.3 is 14.2 Å². The number of rotatable bonds is 6. The highest BCUT2D eigenvalue weighted by molar-refractivity contribution is 6.30. The zero-order chi connectivity index (χ0) is 15.2. The summed E-state index contributed by atoms with van der Waals surface area (Å²) < 4.78 is 6.87. The highest BCUT2D eigenvalue weighted by Crippen LogP contribution is 2.09. The predicted octanol–water partition coefficient (Wildman–Crippen LogP) is 1.25. The van der Waals surface area contributed by atoms with Gasteiger partial charge in [-0.15, -0.1) is 10.2 Å². The molecule has 7 nitrogen and oxygen atoms in total. The lowest BCUT2D eigenvalue weighted by molar-refractivity contribution is 0.0773. The van der Waals surface area contributed by atoms with Gasteiger partial charge in [0.1, 0.15) is 12.0 Å². The molecule has 0 unspecified atom stereocenters. The fourth-order valence-corrected chi connectivity index (χ4v) is 1.87. The van der Waals surface area contributed by atoms with E-state index in [2.05, 4.69) is 15.2 Å². The zero-order valence-electron chi connectivity index (χ0n) is 11.9. The number of nitrogens with zero attached hydrogens (tertiary/aromatic N) is 5. The number of hydrogen-bond donors (Lipinski definition) is 0. The van der Waals surface area contributed by atoms with Gasteiger partial charge in [0.05, 0.1) is 18.2 Å². The molecule has 2 aromatic rings. The first-order valence-corrected chi connectivity index (χ1v) is 6.72. The van der Waals surface area contributed by atoms with Crippen molar-refractivity contribution in [1.29, 1.82) is 0 Å². The summed E-state index contributed by atoms with van der Waals surface area (Å²) in [7, 11) is 3.32. The predicted molar refractivity (Wildman–Crippen MR) is 76.9 cm³/mol. The monoisotopic (exact) mass is 309 g/mol. The minimum absolute atomic E-state index is 0.201. The van der Waals surface area contributed by atoms with Crippen molar-refractivity contribution in [2.24, 2.45) is 0 Å². The van der Waals surface area contributed by atoms with Crippen LogP contribution >= 0.6 is 11.6 Å². The maximum Gasteiger partial charge on any atom is 0.272 e. The van der Waals surface area contributed by atoms with Gasteiger partial charge in [0.15, 0.2) is 5.82 Å². The Morgan fingerprint density at radius 2 is 2.29 bits per heavy atom. The van der Waals surface area contributed by atoms with E-state index in [1.807, 2.05) is 4.57 Å². The summed E-state index contributed by atoms with van der Waals surface area (Å²) >= 11 is 5.76. The van der Waals surface area contributed by atoms with Crippen LogP contribution in [0.15, 0.2) is 24.7 Å². The van der Waals surface area contributed by atoms with Crippen LogP contribution in [0, 0.1) is 0 Å². The van der Waals surface area contributed by atoms with E-state index >= 15 is 0 Å². The SMILES string of the molecule is COCCn1cnnc1CN(C)C(=O)c1ccc(Cl)cn1. The molecule has 0 spiro atoms. The van der Waals surface area contributed by atoms with Gasteiger partial charge in [-0.3, -0.25) is 4.79 Å². The van der Waals surface area contributed by atoms with Gasteiger partial charge in [0, 0.05) is 26.9 Å². The van der Waals surface area contributed by atoms with Crippen molar-refractivity contribution < 1.29 is 9.53 Å². The molecule has 0 saturated carbocycles. The van der Waals surface area contributed by atoms with Crippen LogP contribution in [0.2, 0.25) is 5.02 Å². The van der Waals surface area contributed by atoms with E-state index < -0.39 is 0 Å². The Morgan fingerprint density at radius 3 is 2.95 bits per heavy atom. The third kappa shape index (κ3) is 3.99. The lowest BCUT2D eigenvalue weighted by atomic mass is 10.3. The van der Waals surface area contributed by atoms with Gasteiger partial charge in [-0.25, -0.2) is 4.98 Å². The lowest BCUT2D eigenvalue weighted by Crippen LogP contribution is -2.28. The quantitative estimate of drug-likeness (QED) is 0.803. The van der Waals surface area contributed by atoms with E-state index in [9.17, 15) is 4.79 Å². The van der Waals surface area contributed by atoms with Crippen LogP contribution in [0.5, 0.6) is 0 Å². The van der Waals surface area contributed by atoms with E-state index in [4.69, 9.17) is 16.3 Å². The van der Waals surface area contributed by atoms with Crippen molar-refractivity contribution in [2.45, 2.75) is 13.1 Å².